The summed E-state index contributed by atoms with van der Waals surface area (Å²) in [6.45, 7) is 0. The average molecular weight is 290 g/mol. The highest BCUT2D eigenvalue weighted by atomic mass is 79.9. The minimum Gasteiger partial charge on any atom is -0.299 e. The van der Waals surface area contributed by atoms with Crippen LogP contribution < -0.4 is 0 Å². The Morgan fingerprint density at radius 2 is 1.60 bits per heavy atom. The van der Waals surface area contributed by atoms with Crippen LogP contribution in [-0.2, 0) is 4.57 Å². The smallest absolute Gasteiger partial charge is 0.211 e. The van der Waals surface area contributed by atoms with E-state index in [9.17, 15) is 4.57 Å². The van der Waals surface area contributed by atoms with E-state index in [4.69, 9.17) is 0 Å². The molecule has 0 bridgehead atoms. The maximum atomic E-state index is 11.4. The van der Waals surface area contributed by atoms with E-state index < -0.39 is 4.55 Å². The third-order valence-corrected chi connectivity index (χ3v) is 6.84. The molecule has 0 atom stereocenters. The first-order valence-electron chi connectivity index (χ1n) is 3.60. The van der Waals surface area contributed by atoms with E-state index in [0.29, 0.717) is 5.66 Å². The zero-order valence-corrected chi connectivity index (χ0v) is 9.79. The van der Waals surface area contributed by atoms with E-state index in [-0.39, 0.29) is 0 Å². The molecule has 0 aromatic rings. The van der Waals surface area contributed by atoms with Crippen LogP contribution in [0.2, 0.25) is 0 Å². The Morgan fingerprint density at radius 1 is 1.10 bits per heavy atom. The number of hydrogen-bond donors (Lipinski definition) is 0. The van der Waals surface area contributed by atoms with Crippen molar-refractivity contribution >= 4 is 35.5 Å². The lowest BCUT2D eigenvalue weighted by molar-refractivity contribution is 0.495. The third kappa shape index (κ3) is 2.67. The fourth-order valence-corrected chi connectivity index (χ4v) is 4.80. The van der Waals surface area contributed by atoms with Crippen LogP contribution in [0.15, 0.2) is 0 Å². The Hall–Kier alpha value is 1.19. The van der Waals surface area contributed by atoms with Gasteiger partial charge < -0.3 is 0 Å². The van der Waals surface area contributed by atoms with Gasteiger partial charge in [0.2, 0.25) is 4.55 Å². The van der Waals surface area contributed by atoms with Gasteiger partial charge in [-0.3, -0.25) is 4.57 Å². The van der Waals surface area contributed by atoms with E-state index >= 15 is 0 Å². The minimum absolute atomic E-state index is 0.390. The van der Waals surface area contributed by atoms with Crippen LogP contribution in [0.4, 0.5) is 0 Å². The Balaban J connectivity index is 2.47. The molecular weight excluding hydrogens is 279 g/mol. The van der Waals surface area contributed by atoms with Gasteiger partial charge in [0, 0.05) is 5.66 Å². The largest absolute Gasteiger partial charge is 0.299 e. The zero-order valence-electron chi connectivity index (χ0n) is 5.72. The first-order valence-corrected chi connectivity index (χ1v) is 9.41. The van der Waals surface area contributed by atoms with Crippen LogP contribution in [0.1, 0.15) is 32.1 Å². The molecule has 1 aliphatic rings. The Bertz CT molecular complexity index is 148. The lowest BCUT2D eigenvalue weighted by Crippen LogP contribution is -2.07. The summed E-state index contributed by atoms with van der Waals surface area (Å²) in [6, 6.07) is 0. The van der Waals surface area contributed by atoms with Crippen LogP contribution in [0.5, 0.6) is 0 Å². The second-order valence-corrected chi connectivity index (χ2v) is 13.7. The number of hydrogen-bond acceptors (Lipinski definition) is 1. The second-order valence-electron chi connectivity index (χ2n) is 2.79. The molecule has 4 heteroatoms. The molecule has 0 aliphatic heterocycles. The molecule has 1 aliphatic carbocycles. The van der Waals surface area contributed by atoms with Gasteiger partial charge in [0.25, 0.3) is 0 Å². The molecule has 10 heavy (non-hydrogen) atoms. The van der Waals surface area contributed by atoms with E-state index in [2.05, 4.69) is 31.0 Å². The van der Waals surface area contributed by atoms with E-state index in [1.165, 1.54) is 19.3 Å². The maximum absolute atomic E-state index is 11.4. The number of rotatable bonds is 1. The van der Waals surface area contributed by atoms with Gasteiger partial charge in [0.15, 0.2) is 0 Å². The lowest BCUT2D eigenvalue weighted by Gasteiger charge is -2.22. The van der Waals surface area contributed by atoms with Gasteiger partial charge in [0.05, 0.1) is 0 Å². The van der Waals surface area contributed by atoms with Crippen LogP contribution in [0.25, 0.3) is 0 Å². The fraction of sp³-hybridized carbons (Fsp3) is 1.00. The lowest BCUT2D eigenvalue weighted by atomic mass is 10.0. The van der Waals surface area contributed by atoms with Crippen molar-refractivity contribution < 1.29 is 4.57 Å². The standard InChI is InChI=1S/C6H11Br2OP/c7-10(8,9)6-4-2-1-3-5-6/h6H,1-5H2. The highest BCUT2D eigenvalue weighted by Crippen LogP contribution is 2.68. The molecule has 1 rings (SSSR count). The molecule has 0 amide bonds. The molecular formula is C6H11Br2OP. The molecule has 1 nitrogen and oxygen atoms in total. The SMILES string of the molecule is O=P(Br)(Br)C1CCCCC1. The minimum atomic E-state index is -2.12. The monoisotopic (exact) mass is 288 g/mol. The molecule has 0 unspecified atom stereocenters. The van der Waals surface area contributed by atoms with Crippen molar-refractivity contribution in [2.24, 2.45) is 0 Å². The summed E-state index contributed by atoms with van der Waals surface area (Å²) in [5.41, 5.74) is 0.390. The van der Waals surface area contributed by atoms with Crippen LogP contribution in [0, 0.1) is 0 Å². The Labute approximate surface area is 77.8 Å². The molecule has 0 aromatic heterocycles. The molecule has 1 fully saturated rings. The summed E-state index contributed by atoms with van der Waals surface area (Å²) < 4.78 is 9.29. The van der Waals surface area contributed by atoms with Crippen LogP contribution >= 0.6 is 35.5 Å². The highest BCUT2D eigenvalue weighted by Gasteiger charge is 2.28. The average Bonchev–Trinajstić information content (AvgIpc) is 1.88. The third-order valence-electron chi connectivity index (χ3n) is 2.00. The quantitative estimate of drug-likeness (QED) is 0.658. The molecule has 1 saturated carbocycles. The molecule has 0 N–H and O–H groups in total. The second kappa shape index (κ2) is 3.73. The zero-order chi connectivity index (χ0) is 7.61. The van der Waals surface area contributed by atoms with E-state index in [1.807, 2.05) is 0 Å². The van der Waals surface area contributed by atoms with Gasteiger partial charge in [-0.05, 0) is 43.8 Å². The topological polar surface area (TPSA) is 17.1 Å². The van der Waals surface area contributed by atoms with Gasteiger partial charge in [-0.2, -0.15) is 0 Å². The maximum Gasteiger partial charge on any atom is 0.211 e. The van der Waals surface area contributed by atoms with Crippen molar-refractivity contribution in [3.8, 4) is 0 Å². The predicted octanol–water partition coefficient (Wildman–Crippen LogP) is 4.30. The first-order chi connectivity index (χ1) is 4.61. The number of halogens is 2. The van der Waals surface area contributed by atoms with Crippen LogP contribution in [-0.4, -0.2) is 5.66 Å². The van der Waals surface area contributed by atoms with Crippen LogP contribution in [0.3, 0.4) is 0 Å². The normalized spacial score (nSPS) is 23.0. The molecule has 0 radical (unpaired) electrons. The van der Waals surface area contributed by atoms with Crippen molar-refractivity contribution in [2.75, 3.05) is 0 Å². The van der Waals surface area contributed by atoms with E-state index in [0.717, 1.165) is 12.8 Å². The van der Waals surface area contributed by atoms with Gasteiger partial charge >= 0.3 is 0 Å². The van der Waals surface area contributed by atoms with Crippen molar-refractivity contribution in [3.63, 3.8) is 0 Å². The summed E-state index contributed by atoms with van der Waals surface area (Å²) in [4.78, 5) is 0. The molecule has 0 heterocycles. The van der Waals surface area contributed by atoms with Gasteiger partial charge in [0.1, 0.15) is 0 Å². The van der Waals surface area contributed by atoms with Crippen molar-refractivity contribution in [1.82, 2.24) is 0 Å². The molecule has 0 aromatic carbocycles. The van der Waals surface area contributed by atoms with Crippen molar-refractivity contribution in [1.29, 1.82) is 0 Å². The predicted molar refractivity (Wildman–Crippen MR) is 52.3 cm³/mol. The first kappa shape index (κ1) is 9.28. The van der Waals surface area contributed by atoms with Gasteiger partial charge in [-0.25, -0.2) is 0 Å². The van der Waals surface area contributed by atoms with Gasteiger partial charge in [-0.1, -0.05) is 19.3 Å². The Kier molecular flexibility index (Phi) is 3.46. The van der Waals surface area contributed by atoms with Crippen molar-refractivity contribution in [3.05, 3.63) is 0 Å². The van der Waals surface area contributed by atoms with Crippen molar-refractivity contribution in [2.45, 2.75) is 37.8 Å². The Morgan fingerprint density at radius 3 is 1.90 bits per heavy atom. The summed E-state index contributed by atoms with van der Waals surface area (Å²) in [7, 11) is 0. The summed E-state index contributed by atoms with van der Waals surface area (Å²) in [5.74, 6) is 0. The van der Waals surface area contributed by atoms with Gasteiger partial charge in [-0.15, -0.1) is 0 Å². The molecule has 60 valence electrons. The molecule has 0 saturated heterocycles. The summed E-state index contributed by atoms with van der Waals surface area (Å²) in [5, 5.41) is 0. The highest BCUT2D eigenvalue weighted by molar-refractivity contribution is 9.70. The molecule has 0 spiro atoms. The van der Waals surface area contributed by atoms with E-state index in [1.54, 1.807) is 0 Å². The summed E-state index contributed by atoms with van der Waals surface area (Å²) in [6.07, 6.45) is 6.04. The fourth-order valence-electron chi connectivity index (χ4n) is 1.38. The summed E-state index contributed by atoms with van der Waals surface area (Å²) >= 11 is 6.42.